The van der Waals surface area contributed by atoms with E-state index in [4.69, 9.17) is 4.74 Å². The van der Waals surface area contributed by atoms with Gasteiger partial charge in [-0.05, 0) is 54.7 Å². The summed E-state index contributed by atoms with van der Waals surface area (Å²) in [5.74, 6) is 1.82. The zero-order valence-corrected chi connectivity index (χ0v) is 19.4. The number of hydrogen-bond acceptors (Lipinski definition) is 4. The van der Waals surface area contributed by atoms with Crippen molar-refractivity contribution in [3.63, 3.8) is 0 Å². The first-order valence-electron chi connectivity index (χ1n) is 11.3. The Morgan fingerprint density at radius 2 is 1.62 bits per heavy atom. The number of rotatable bonds is 8. The second kappa shape index (κ2) is 10.3. The third-order valence-electron chi connectivity index (χ3n) is 6.23. The first-order chi connectivity index (χ1) is 15.5. The highest BCUT2D eigenvalue weighted by molar-refractivity contribution is 7.88. The minimum absolute atomic E-state index is 0.496. The second-order valence-corrected chi connectivity index (χ2v) is 10.6. The van der Waals surface area contributed by atoms with Crippen molar-refractivity contribution in [2.75, 3.05) is 19.4 Å². The predicted octanol–water partition coefficient (Wildman–Crippen LogP) is 4.77. The highest BCUT2D eigenvalue weighted by Gasteiger charge is 2.24. The lowest BCUT2D eigenvalue weighted by Gasteiger charge is -2.31. The van der Waals surface area contributed by atoms with E-state index in [-0.39, 0.29) is 0 Å². The molecule has 1 fully saturated rings. The summed E-state index contributed by atoms with van der Waals surface area (Å²) in [6.45, 7) is 1.92. The lowest BCUT2D eigenvalue weighted by molar-refractivity contribution is 0.119. The summed E-state index contributed by atoms with van der Waals surface area (Å²) in [7, 11) is -3.37. The molecule has 0 amide bonds. The minimum Gasteiger partial charge on any atom is -0.494 e. The summed E-state index contributed by atoms with van der Waals surface area (Å²) in [4.78, 5) is 2.14. The minimum atomic E-state index is -3.37. The molecule has 2 aliphatic rings. The van der Waals surface area contributed by atoms with Crippen LogP contribution in [0.2, 0.25) is 0 Å². The summed E-state index contributed by atoms with van der Waals surface area (Å²) >= 11 is 0. The Balaban J connectivity index is 1.36. The molecule has 0 bridgehead atoms. The molecule has 170 valence electrons. The topological polar surface area (TPSA) is 58.6 Å². The van der Waals surface area contributed by atoms with Gasteiger partial charge in [0.1, 0.15) is 5.76 Å². The van der Waals surface area contributed by atoms with Gasteiger partial charge in [0, 0.05) is 12.7 Å². The summed E-state index contributed by atoms with van der Waals surface area (Å²) in [6, 6.07) is 21.0. The maximum atomic E-state index is 11.8. The van der Waals surface area contributed by atoms with Gasteiger partial charge in [-0.2, -0.15) is 0 Å². The third-order valence-corrected chi connectivity index (χ3v) is 6.82. The number of benzene rings is 2. The van der Waals surface area contributed by atoms with Gasteiger partial charge in [-0.3, -0.25) is 4.72 Å². The smallest absolute Gasteiger partial charge is 0.229 e. The van der Waals surface area contributed by atoms with Crippen LogP contribution in [0.15, 0.2) is 84.4 Å². The Morgan fingerprint density at radius 1 is 0.969 bits per heavy atom. The SMILES string of the molecule is CS(=O)(=O)NC1=C(OCC2CCC(c3ccccc3)CC2)CN(Cc2ccccc2)C=C1. The van der Waals surface area contributed by atoms with Crippen molar-refractivity contribution in [2.45, 2.75) is 38.1 Å². The van der Waals surface area contributed by atoms with Gasteiger partial charge >= 0.3 is 0 Å². The van der Waals surface area contributed by atoms with Crippen LogP contribution in [-0.2, 0) is 21.3 Å². The molecule has 6 heteroatoms. The first kappa shape index (κ1) is 22.5. The second-order valence-electron chi connectivity index (χ2n) is 8.86. The van der Waals surface area contributed by atoms with Crippen LogP contribution in [0.3, 0.4) is 0 Å². The van der Waals surface area contributed by atoms with E-state index in [0.29, 0.717) is 36.4 Å². The highest BCUT2D eigenvalue weighted by Crippen LogP contribution is 2.36. The summed E-state index contributed by atoms with van der Waals surface area (Å²) < 4.78 is 32.6. The van der Waals surface area contributed by atoms with Gasteiger partial charge in [0.25, 0.3) is 0 Å². The van der Waals surface area contributed by atoms with Crippen LogP contribution in [-0.4, -0.2) is 32.7 Å². The maximum Gasteiger partial charge on any atom is 0.229 e. The van der Waals surface area contributed by atoms with Crippen LogP contribution in [0.5, 0.6) is 0 Å². The van der Waals surface area contributed by atoms with Crippen LogP contribution in [0, 0.1) is 5.92 Å². The number of hydrogen-bond donors (Lipinski definition) is 1. The van der Waals surface area contributed by atoms with Gasteiger partial charge < -0.3 is 9.64 Å². The molecule has 5 nitrogen and oxygen atoms in total. The lowest BCUT2D eigenvalue weighted by atomic mass is 9.79. The number of nitrogens with one attached hydrogen (secondary N) is 1. The van der Waals surface area contributed by atoms with E-state index in [1.807, 2.05) is 24.4 Å². The average Bonchev–Trinajstić information content (AvgIpc) is 2.80. The quantitative estimate of drug-likeness (QED) is 0.627. The summed E-state index contributed by atoms with van der Waals surface area (Å²) in [5.41, 5.74) is 3.17. The van der Waals surface area contributed by atoms with Gasteiger partial charge in [0.2, 0.25) is 10.0 Å². The Labute approximate surface area is 191 Å². The zero-order valence-electron chi connectivity index (χ0n) is 18.6. The summed E-state index contributed by atoms with van der Waals surface area (Å²) in [6.07, 6.45) is 9.51. The molecule has 0 radical (unpaired) electrons. The van der Waals surface area contributed by atoms with Crippen molar-refractivity contribution in [1.29, 1.82) is 0 Å². The maximum absolute atomic E-state index is 11.8. The monoisotopic (exact) mass is 452 g/mol. The van der Waals surface area contributed by atoms with E-state index in [1.165, 1.54) is 30.2 Å². The number of ether oxygens (including phenoxy) is 1. The zero-order chi connectivity index (χ0) is 22.4. The molecular formula is C26H32N2O3S. The number of allylic oxidation sites excluding steroid dienone is 1. The van der Waals surface area contributed by atoms with E-state index in [9.17, 15) is 8.42 Å². The molecule has 4 rings (SSSR count). The fourth-order valence-electron chi connectivity index (χ4n) is 4.54. The molecule has 0 saturated heterocycles. The van der Waals surface area contributed by atoms with Gasteiger partial charge in [-0.1, -0.05) is 60.7 Å². The Bertz CT molecular complexity index is 1040. The fraction of sp³-hybridized carbons (Fsp3) is 0.385. The van der Waals surface area contributed by atoms with E-state index in [0.717, 1.165) is 19.4 Å². The number of nitrogens with zero attached hydrogens (tertiary/aromatic N) is 1. The van der Waals surface area contributed by atoms with Gasteiger partial charge in [-0.25, -0.2) is 8.42 Å². The van der Waals surface area contributed by atoms with E-state index >= 15 is 0 Å². The first-order valence-corrected chi connectivity index (χ1v) is 13.2. The van der Waals surface area contributed by atoms with Crippen LogP contribution in [0.1, 0.15) is 42.7 Å². The van der Waals surface area contributed by atoms with Crippen molar-refractivity contribution in [1.82, 2.24) is 9.62 Å². The molecule has 32 heavy (non-hydrogen) atoms. The molecule has 0 spiro atoms. The van der Waals surface area contributed by atoms with E-state index in [1.54, 1.807) is 6.08 Å². The lowest BCUT2D eigenvalue weighted by Crippen LogP contribution is -2.31. The Morgan fingerprint density at radius 3 is 2.28 bits per heavy atom. The van der Waals surface area contributed by atoms with Crippen molar-refractivity contribution in [2.24, 2.45) is 5.92 Å². The molecular weight excluding hydrogens is 420 g/mol. The van der Waals surface area contributed by atoms with Crippen LogP contribution >= 0.6 is 0 Å². The molecule has 0 aromatic heterocycles. The fourth-order valence-corrected chi connectivity index (χ4v) is 5.12. The van der Waals surface area contributed by atoms with Crippen molar-refractivity contribution < 1.29 is 13.2 Å². The number of sulfonamides is 1. The predicted molar refractivity (Wildman–Crippen MR) is 128 cm³/mol. The van der Waals surface area contributed by atoms with Gasteiger partial charge in [0.05, 0.1) is 25.1 Å². The van der Waals surface area contributed by atoms with Gasteiger partial charge in [-0.15, -0.1) is 0 Å². The Kier molecular flexibility index (Phi) is 7.20. The molecule has 1 saturated carbocycles. The molecule has 0 unspecified atom stereocenters. The Hall–Kier alpha value is -2.73. The molecule has 1 aliphatic carbocycles. The molecule has 1 heterocycles. The average molecular weight is 453 g/mol. The van der Waals surface area contributed by atoms with Crippen LogP contribution in [0.25, 0.3) is 0 Å². The molecule has 0 atom stereocenters. The normalized spacial score (nSPS) is 21.5. The highest BCUT2D eigenvalue weighted by atomic mass is 32.2. The molecule has 2 aromatic carbocycles. The molecule has 1 aliphatic heterocycles. The molecule has 2 aromatic rings. The van der Waals surface area contributed by atoms with Crippen LogP contribution in [0.4, 0.5) is 0 Å². The van der Waals surface area contributed by atoms with E-state index < -0.39 is 10.0 Å². The molecule has 1 N–H and O–H groups in total. The third kappa shape index (κ3) is 6.39. The van der Waals surface area contributed by atoms with Crippen molar-refractivity contribution >= 4 is 10.0 Å². The van der Waals surface area contributed by atoms with Gasteiger partial charge in [0.15, 0.2) is 0 Å². The standard InChI is InChI=1S/C26H32N2O3S/c1-32(29,30)27-25-16-17-28(18-21-8-4-2-5-9-21)19-26(25)31-20-22-12-14-24(15-13-22)23-10-6-3-7-11-23/h2-11,16-17,22,24,27H,12-15,18-20H2,1H3. The van der Waals surface area contributed by atoms with Crippen LogP contribution < -0.4 is 4.72 Å². The largest absolute Gasteiger partial charge is 0.494 e. The van der Waals surface area contributed by atoms with E-state index in [2.05, 4.69) is 52.1 Å². The van der Waals surface area contributed by atoms with Crippen molar-refractivity contribution in [3.05, 3.63) is 95.5 Å². The summed E-state index contributed by atoms with van der Waals surface area (Å²) in [5, 5.41) is 0. The van der Waals surface area contributed by atoms with Crippen molar-refractivity contribution in [3.8, 4) is 0 Å².